The number of halogens is 1. The van der Waals surface area contributed by atoms with Gasteiger partial charge in [-0.1, -0.05) is 19.1 Å². The van der Waals surface area contributed by atoms with Crippen LogP contribution in [0.4, 0.5) is 5.69 Å². The van der Waals surface area contributed by atoms with Crippen LogP contribution in [0.25, 0.3) is 0 Å². The van der Waals surface area contributed by atoms with Gasteiger partial charge in [0.1, 0.15) is 11.5 Å². The van der Waals surface area contributed by atoms with E-state index in [4.69, 9.17) is 9.47 Å². The van der Waals surface area contributed by atoms with Gasteiger partial charge in [-0.25, -0.2) is 0 Å². The molecule has 4 nitrogen and oxygen atoms in total. The first-order valence-electron chi connectivity index (χ1n) is 6.97. The van der Waals surface area contributed by atoms with Crippen LogP contribution in [0.2, 0.25) is 0 Å². The number of hydrogen-bond acceptors (Lipinski definition) is 3. The molecule has 0 spiro atoms. The molecule has 1 amide bonds. The minimum absolute atomic E-state index is 0.0604. The van der Waals surface area contributed by atoms with E-state index in [0.717, 1.165) is 16.6 Å². The lowest BCUT2D eigenvalue weighted by atomic mass is 10.1. The van der Waals surface area contributed by atoms with Crippen molar-refractivity contribution >= 4 is 27.5 Å². The molecule has 0 bridgehead atoms. The van der Waals surface area contributed by atoms with Gasteiger partial charge >= 0.3 is 0 Å². The van der Waals surface area contributed by atoms with E-state index in [9.17, 15) is 4.79 Å². The molecule has 0 aliphatic carbocycles. The van der Waals surface area contributed by atoms with E-state index in [-0.39, 0.29) is 12.5 Å². The number of rotatable bonds is 6. The number of benzene rings is 2. The Morgan fingerprint density at radius 3 is 2.64 bits per heavy atom. The van der Waals surface area contributed by atoms with Crippen LogP contribution < -0.4 is 14.8 Å². The van der Waals surface area contributed by atoms with Crippen molar-refractivity contribution < 1.29 is 14.3 Å². The minimum Gasteiger partial charge on any atom is -0.497 e. The molecule has 22 heavy (non-hydrogen) atoms. The van der Waals surface area contributed by atoms with Gasteiger partial charge in [0.25, 0.3) is 5.91 Å². The molecule has 0 unspecified atom stereocenters. The molecule has 0 fully saturated rings. The fourth-order valence-corrected chi connectivity index (χ4v) is 2.43. The van der Waals surface area contributed by atoms with E-state index in [0.29, 0.717) is 11.5 Å². The summed E-state index contributed by atoms with van der Waals surface area (Å²) in [6.07, 6.45) is 0.950. The molecule has 5 heteroatoms. The Kier molecular flexibility index (Phi) is 5.83. The van der Waals surface area contributed by atoms with Crippen LogP contribution in [0, 0.1) is 0 Å². The second kappa shape index (κ2) is 7.84. The van der Waals surface area contributed by atoms with Crippen LogP contribution in [0.1, 0.15) is 12.5 Å². The van der Waals surface area contributed by atoms with Crippen LogP contribution in [0.15, 0.2) is 46.9 Å². The monoisotopic (exact) mass is 363 g/mol. The molecule has 116 valence electrons. The number of methoxy groups -OCH3 is 1. The lowest BCUT2D eigenvalue weighted by Crippen LogP contribution is -2.20. The highest BCUT2D eigenvalue weighted by atomic mass is 79.9. The molecule has 0 aliphatic rings. The molecule has 0 saturated heterocycles. The summed E-state index contributed by atoms with van der Waals surface area (Å²) in [6.45, 7) is 2.02. The number of carbonyl (C=O) groups excluding carboxylic acids is 1. The second-order valence-electron chi connectivity index (χ2n) is 4.68. The van der Waals surface area contributed by atoms with Gasteiger partial charge in [-0.15, -0.1) is 0 Å². The van der Waals surface area contributed by atoms with E-state index in [1.54, 1.807) is 19.2 Å². The number of anilines is 1. The van der Waals surface area contributed by atoms with Crippen molar-refractivity contribution in [3.8, 4) is 11.5 Å². The van der Waals surface area contributed by atoms with Gasteiger partial charge in [-0.2, -0.15) is 0 Å². The topological polar surface area (TPSA) is 47.6 Å². The highest BCUT2D eigenvalue weighted by Crippen LogP contribution is 2.24. The molecule has 0 aliphatic heterocycles. The fourth-order valence-electron chi connectivity index (χ4n) is 1.91. The van der Waals surface area contributed by atoms with Crippen molar-refractivity contribution in [2.24, 2.45) is 0 Å². The first-order chi connectivity index (χ1) is 10.6. The van der Waals surface area contributed by atoms with Crippen LogP contribution >= 0.6 is 15.9 Å². The van der Waals surface area contributed by atoms with Crippen molar-refractivity contribution in [3.63, 3.8) is 0 Å². The molecular formula is C17H18BrNO3. The van der Waals surface area contributed by atoms with Crippen LogP contribution in [-0.4, -0.2) is 19.6 Å². The van der Waals surface area contributed by atoms with E-state index in [1.165, 1.54) is 5.56 Å². The minimum atomic E-state index is -0.215. The molecule has 1 N–H and O–H groups in total. The van der Waals surface area contributed by atoms with Crippen LogP contribution in [-0.2, 0) is 11.2 Å². The summed E-state index contributed by atoms with van der Waals surface area (Å²) in [5.74, 6) is 1.07. The number of nitrogens with one attached hydrogen (secondary N) is 1. The fraction of sp³-hybridized carbons (Fsp3) is 0.235. The Labute approximate surface area is 138 Å². The smallest absolute Gasteiger partial charge is 0.262 e. The Bertz CT molecular complexity index is 658. The number of ether oxygens (including phenoxy) is 2. The Balaban J connectivity index is 1.92. The van der Waals surface area contributed by atoms with E-state index in [2.05, 4.69) is 28.2 Å². The maximum atomic E-state index is 12.0. The summed E-state index contributed by atoms with van der Waals surface area (Å²) in [6, 6.07) is 13.0. The van der Waals surface area contributed by atoms with Crippen LogP contribution in [0.5, 0.6) is 11.5 Å². The summed E-state index contributed by atoms with van der Waals surface area (Å²) in [7, 11) is 1.59. The first-order valence-corrected chi connectivity index (χ1v) is 7.76. The van der Waals surface area contributed by atoms with Gasteiger partial charge in [-0.05, 0) is 52.2 Å². The van der Waals surface area contributed by atoms with Gasteiger partial charge in [0, 0.05) is 10.5 Å². The predicted octanol–water partition coefficient (Wildman–Crippen LogP) is 4.04. The highest BCUT2D eigenvalue weighted by Gasteiger charge is 2.07. The van der Waals surface area contributed by atoms with Crippen molar-refractivity contribution in [1.82, 2.24) is 0 Å². The highest BCUT2D eigenvalue weighted by molar-refractivity contribution is 9.10. The van der Waals surface area contributed by atoms with E-state index >= 15 is 0 Å². The third-order valence-corrected chi connectivity index (χ3v) is 3.78. The summed E-state index contributed by atoms with van der Waals surface area (Å²) < 4.78 is 11.4. The molecule has 0 heterocycles. The van der Waals surface area contributed by atoms with Crippen molar-refractivity contribution in [1.29, 1.82) is 0 Å². The van der Waals surface area contributed by atoms with E-state index < -0.39 is 0 Å². The molecular weight excluding hydrogens is 346 g/mol. The lowest BCUT2D eigenvalue weighted by molar-refractivity contribution is -0.118. The van der Waals surface area contributed by atoms with Crippen molar-refractivity contribution in [2.45, 2.75) is 13.3 Å². The zero-order valence-electron chi connectivity index (χ0n) is 12.6. The van der Waals surface area contributed by atoms with Crippen molar-refractivity contribution in [3.05, 3.63) is 52.5 Å². The quantitative estimate of drug-likeness (QED) is 0.842. The summed E-state index contributed by atoms with van der Waals surface area (Å²) in [4.78, 5) is 12.0. The molecule has 0 atom stereocenters. The molecule has 0 aromatic heterocycles. The van der Waals surface area contributed by atoms with E-state index in [1.807, 2.05) is 30.3 Å². The SMILES string of the molecule is CCc1ccc(NC(=O)COc2cccc(OC)c2)c(Br)c1. The van der Waals surface area contributed by atoms with Gasteiger partial charge in [0.15, 0.2) is 6.61 Å². The average Bonchev–Trinajstić information content (AvgIpc) is 2.55. The van der Waals surface area contributed by atoms with Gasteiger partial charge in [0.05, 0.1) is 12.8 Å². The first kappa shape index (κ1) is 16.4. The predicted molar refractivity (Wildman–Crippen MR) is 90.6 cm³/mol. The number of carbonyl (C=O) groups is 1. The van der Waals surface area contributed by atoms with Crippen molar-refractivity contribution in [2.75, 3.05) is 19.0 Å². The zero-order chi connectivity index (χ0) is 15.9. The van der Waals surface area contributed by atoms with Gasteiger partial charge < -0.3 is 14.8 Å². The number of hydrogen-bond donors (Lipinski definition) is 1. The molecule has 0 radical (unpaired) electrons. The molecule has 0 saturated carbocycles. The lowest BCUT2D eigenvalue weighted by Gasteiger charge is -2.10. The Morgan fingerprint density at radius 2 is 1.95 bits per heavy atom. The molecule has 2 aromatic carbocycles. The number of amides is 1. The van der Waals surface area contributed by atoms with Gasteiger partial charge in [0.2, 0.25) is 0 Å². The number of aryl methyl sites for hydroxylation is 1. The second-order valence-corrected chi connectivity index (χ2v) is 5.54. The average molecular weight is 364 g/mol. The Hall–Kier alpha value is -2.01. The van der Waals surface area contributed by atoms with Crippen LogP contribution in [0.3, 0.4) is 0 Å². The zero-order valence-corrected chi connectivity index (χ0v) is 14.1. The van der Waals surface area contributed by atoms with Gasteiger partial charge in [-0.3, -0.25) is 4.79 Å². The molecule has 2 rings (SSSR count). The summed E-state index contributed by atoms with van der Waals surface area (Å²) in [5, 5.41) is 2.82. The largest absolute Gasteiger partial charge is 0.497 e. The third kappa shape index (κ3) is 4.49. The Morgan fingerprint density at radius 1 is 1.18 bits per heavy atom. The summed E-state index contributed by atoms with van der Waals surface area (Å²) in [5.41, 5.74) is 1.94. The summed E-state index contributed by atoms with van der Waals surface area (Å²) >= 11 is 3.46. The third-order valence-electron chi connectivity index (χ3n) is 3.13. The molecule has 2 aromatic rings. The maximum Gasteiger partial charge on any atom is 0.262 e. The normalized spacial score (nSPS) is 10.1. The maximum absolute atomic E-state index is 12.0. The standard InChI is InChI=1S/C17H18BrNO3/c1-3-12-7-8-16(15(18)9-12)19-17(20)11-22-14-6-4-5-13(10-14)21-2/h4-10H,3,11H2,1-2H3,(H,19,20).